The van der Waals surface area contributed by atoms with Gasteiger partial charge in [0.25, 0.3) is 5.91 Å². The minimum atomic E-state index is -3.86. The highest BCUT2D eigenvalue weighted by molar-refractivity contribution is 7.89. The maximum atomic E-state index is 13.3. The number of aromatic nitrogens is 1. The largest absolute Gasteiger partial charge is 0.495 e. The Labute approximate surface area is 197 Å². The summed E-state index contributed by atoms with van der Waals surface area (Å²) in [6, 6.07) is 12.5. The number of fused-ring (bicyclic) bond motifs is 1. The van der Waals surface area contributed by atoms with Crippen LogP contribution in [0.3, 0.4) is 0 Å². The van der Waals surface area contributed by atoms with Crippen LogP contribution in [-0.2, 0) is 14.8 Å². The van der Waals surface area contributed by atoms with Crippen molar-refractivity contribution >= 4 is 37.5 Å². The van der Waals surface area contributed by atoms with Crippen molar-refractivity contribution in [3.63, 3.8) is 0 Å². The molecule has 0 spiro atoms. The van der Waals surface area contributed by atoms with Crippen molar-refractivity contribution in [1.82, 2.24) is 14.6 Å². The first-order valence-corrected chi connectivity index (χ1v) is 13.0. The second kappa shape index (κ2) is 10.2. The van der Waals surface area contributed by atoms with Gasteiger partial charge in [-0.3, -0.25) is 4.79 Å². The molecule has 33 heavy (non-hydrogen) atoms. The highest BCUT2D eigenvalue weighted by Crippen LogP contribution is 2.34. The number of likely N-dealkylation sites (tertiary alicyclic amines) is 1. The summed E-state index contributed by atoms with van der Waals surface area (Å²) in [6.45, 7) is 1.54. The van der Waals surface area contributed by atoms with Gasteiger partial charge in [0.15, 0.2) is 0 Å². The van der Waals surface area contributed by atoms with Crippen LogP contribution in [-0.4, -0.2) is 64.7 Å². The zero-order valence-electron chi connectivity index (χ0n) is 18.6. The lowest BCUT2D eigenvalue weighted by molar-refractivity contribution is 0.0707. The zero-order chi connectivity index (χ0) is 23.4. The first-order chi connectivity index (χ1) is 15.9. The van der Waals surface area contributed by atoms with Gasteiger partial charge < -0.3 is 14.4 Å². The Morgan fingerprint density at radius 2 is 2.06 bits per heavy atom. The molecule has 1 amide bonds. The Morgan fingerprint density at radius 1 is 1.24 bits per heavy atom. The molecule has 1 atom stereocenters. The summed E-state index contributed by atoms with van der Waals surface area (Å²) in [7, 11) is -0.969. The van der Waals surface area contributed by atoms with E-state index in [-0.39, 0.29) is 35.6 Å². The van der Waals surface area contributed by atoms with Crippen molar-refractivity contribution < 1.29 is 22.7 Å². The van der Waals surface area contributed by atoms with Crippen molar-refractivity contribution in [2.45, 2.75) is 23.7 Å². The predicted molar refractivity (Wildman–Crippen MR) is 128 cm³/mol. The molecule has 8 nitrogen and oxygen atoms in total. The van der Waals surface area contributed by atoms with Gasteiger partial charge in [0.2, 0.25) is 10.0 Å². The number of carbonyl (C=O) groups is 1. The normalized spacial score (nSPS) is 16.8. The Hall–Kier alpha value is -2.53. The van der Waals surface area contributed by atoms with Crippen LogP contribution >= 0.6 is 11.3 Å². The smallest absolute Gasteiger partial charge is 0.253 e. The second-order valence-electron chi connectivity index (χ2n) is 7.87. The molecule has 176 valence electrons. The van der Waals surface area contributed by atoms with Gasteiger partial charge in [-0.05, 0) is 43.2 Å². The van der Waals surface area contributed by atoms with Crippen LogP contribution in [0, 0.1) is 0 Å². The van der Waals surface area contributed by atoms with Crippen LogP contribution in [0.25, 0.3) is 10.2 Å². The van der Waals surface area contributed by atoms with Gasteiger partial charge in [0, 0.05) is 38.2 Å². The number of ether oxygens (including phenoxy) is 2. The number of para-hydroxylation sites is 1. The number of hydrogen-bond donors (Lipinski definition) is 1. The van der Waals surface area contributed by atoms with E-state index in [9.17, 15) is 13.2 Å². The molecule has 0 bridgehead atoms. The number of carbonyl (C=O) groups excluding carboxylic acids is 1. The molecular formula is C23H27N3O5S2. The van der Waals surface area contributed by atoms with Gasteiger partial charge in [0.1, 0.15) is 10.6 Å². The Kier molecular flexibility index (Phi) is 7.28. The fraction of sp³-hybridized carbons (Fsp3) is 0.391. The molecule has 3 aromatic rings. The Bertz CT molecular complexity index is 1210. The van der Waals surface area contributed by atoms with Crippen LogP contribution < -0.4 is 9.46 Å². The van der Waals surface area contributed by atoms with Crippen molar-refractivity contribution in [3.05, 3.63) is 53.0 Å². The topological polar surface area (TPSA) is 97.8 Å². The Balaban J connectivity index is 1.55. The van der Waals surface area contributed by atoms with E-state index < -0.39 is 10.0 Å². The van der Waals surface area contributed by atoms with Crippen LogP contribution in [0.1, 0.15) is 34.1 Å². The molecule has 2 heterocycles. The molecule has 0 radical (unpaired) electrons. The first-order valence-electron chi connectivity index (χ1n) is 10.7. The van der Waals surface area contributed by atoms with Gasteiger partial charge >= 0.3 is 0 Å². The predicted octanol–water partition coefficient (Wildman–Crippen LogP) is 3.25. The lowest BCUT2D eigenvalue weighted by Gasteiger charge is -2.32. The third-order valence-corrected chi connectivity index (χ3v) is 8.35. The monoisotopic (exact) mass is 489 g/mol. The summed E-state index contributed by atoms with van der Waals surface area (Å²) >= 11 is 1.67. The molecule has 2 aromatic carbocycles. The Morgan fingerprint density at radius 3 is 2.82 bits per heavy atom. The number of rotatable bonds is 8. The number of benzene rings is 2. The average Bonchev–Trinajstić information content (AvgIpc) is 3.28. The summed E-state index contributed by atoms with van der Waals surface area (Å²) in [6.07, 6.45) is 1.83. The van der Waals surface area contributed by atoms with E-state index in [1.54, 1.807) is 22.3 Å². The summed E-state index contributed by atoms with van der Waals surface area (Å²) in [5, 5.41) is 1.04. The standard InChI is InChI=1S/C23H27N3O5S2/c1-30-13-11-24-33(28,29)21-14-16(9-10-19(21)31-2)23(27)26-12-5-6-17(15-26)22-25-18-7-3-4-8-20(18)32-22/h3-4,7-10,14,17,24H,5-6,11-13,15H2,1-2H3/t17-/m1/s1. The van der Waals surface area contributed by atoms with Gasteiger partial charge in [-0.1, -0.05) is 12.1 Å². The van der Waals surface area contributed by atoms with Gasteiger partial charge in [-0.25, -0.2) is 18.1 Å². The maximum absolute atomic E-state index is 13.3. The molecule has 10 heteroatoms. The van der Waals surface area contributed by atoms with E-state index >= 15 is 0 Å². The molecule has 1 aliphatic rings. The number of hydrogen-bond acceptors (Lipinski definition) is 7. The van der Waals surface area contributed by atoms with Crippen molar-refractivity contribution in [1.29, 1.82) is 0 Å². The third-order valence-electron chi connectivity index (χ3n) is 5.67. The maximum Gasteiger partial charge on any atom is 0.253 e. The molecule has 1 fully saturated rings. The first kappa shape index (κ1) is 23.6. The van der Waals surface area contributed by atoms with Gasteiger partial charge in [-0.2, -0.15) is 0 Å². The molecular weight excluding hydrogens is 462 g/mol. The molecule has 1 aromatic heterocycles. The highest BCUT2D eigenvalue weighted by Gasteiger charge is 2.29. The van der Waals surface area contributed by atoms with E-state index in [1.807, 2.05) is 18.2 Å². The summed E-state index contributed by atoms with van der Waals surface area (Å²) < 4.78 is 39.3. The number of piperidine rings is 1. The zero-order valence-corrected chi connectivity index (χ0v) is 20.2. The molecule has 0 saturated carbocycles. The van der Waals surface area contributed by atoms with Crippen molar-refractivity contribution in [3.8, 4) is 5.75 Å². The lowest BCUT2D eigenvalue weighted by Crippen LogP contribution is -2.39. The second-order valence-corrected chi connectivity index (χ2v) is 10.7. The number of methoxy groups -OCH3 is 2. The SMILES string of the molecule is COCCNS(=O)(=O)c1cc(C(=O)N2CCC[C@@H](c3nc4ccccc4s3)C2)ccc1OC. The molecule has 1 N–H and O–H groups in total. The molecule has 1 saturated heterocycles. The number of nitrogens with zero attached hydrogens (tertiary/aromatic N) is 2. The number of nitrogens with one attached hydrogen (secondary N) is 1. The fourth-order valence-corrected chi connectivity index (χ4v) is 6.29. The van der Waals surface area contributed by atoms with Gasteiger partial charge in [-0.15, -0.1) is 11.3 Å². The summed E-state index contributed by atoms with van der Waals surface area (Å²) in [4.78, 5) is 19.8. The quantitative estimate of drug-likeness (QED) is 0.488. The van der Waals surface area contributed by atoms with Crippen LogP contribution in [0.4, 0.5) is 0 Å². The highest BCUT2D eigenvalue weighted by atomic mass is 32.2. The minimum Gasteiger partial charge on any atom is -0.495 e. The summed E-state index contributed by atoms with van der Waals surface area (Å²) in [5.74, 6) is 0.150. The van der Waals surface area contributed by atoms with Crippen molar-refractivity contribution in [2.24, 2.45) is 0 Å². The summed E-state index contributed by atoms with van der Waals surface area (Å²) in [5.41, 5.74) is 1.29. The van der Waals surface area contributed by atoms with E-state index in [2.05, 4.69) is 10.8 Å². The van der Waals surface area contributed by atoms with Crippen LogP contribution in [0.2, 0.25) is 0 Å². The lowest BCUT2D eigenvalue weighted by atomic mass is 9.98. The molecule has 1 aliphatic heterocycles. The molecule has 0 unspecified atom stereocenters. The van der Waals surface area contributed by atoms with E-state index in [0.29, 0.717) is 18.7 Å². The number of amides is 1. The fourth-order valence-electron chi connectivity index (χ4n) is 3.99. The van der Waals surface area contributed by atoms with E-state index in [1.165, 1.54) is 26.4 Å². The minimum absolute atomic E-state index is 0.0633. The van der Waals surface area contributed by atoms with Crippen LogP contribution in [0.5, 0.6) is 5.75 Å². The molecule has 4 rings (SSSR count). The average molecular weight is 490 g/mol. The number of thiazole rings is 1. The van der Waals surface area contributed by atoms with Gasteiger partial charge in [0.05, 0.1) is 28.9 Å². The van der Waals surface area contributed by atoms with E-state index in [0.717, 1.165) is 28.1 Å². The van der Waals surface area contributed by atoms with Crippen molar-refractivity contribution in [2.75, 3.05) is 40.5 Å². The number of sulfonamides is 1. The third kappa shape index (κ3) is 5.19. The van der Waals surface area contributed by atoms with Crippen LogP contribution in [0.15, 0.2) is 47.4 Å². The van der Waals surface area contributed by atoms with E-state index in [4.69, 9.17) is 14.5 Å². The molecule has 0 aliphatic carbocycles.